The first-order valence-corrected chi connectivity index (χ1v) is 14.7. The Morgan fingerprint density at radius 3 is 2.64 bits per heavy atom. The summed E-state index contributed by atoms with van der Waals surface area (Å²) in [5.74, 6) is 1.32. The van der Waals surface area contributed by atoms with Crippen LogP contribution in [0.25, 0.3) is 0 Å². The van der Waals surface area contributed by atoms with Gasteiger partial charge in [-0.1, -0.05) is 61.3 Å². The Hall–Kier alpha value is -2.05. The number of benzene rings is 2. The maximum Gasteiger partial charge on any atom is 0.227 e. The molecule has 0 radical (unpaired) electrons. The van der Waals surface area contributed by atoms with Crippen LogP contribution in [0.3, 0.4) is 0 Å². The number of methoxy groups -OCH3 is 2. The third-order valence-corrected chi connectivity index (χ3v) is 9.47. The van der Waals surface area contributed by atoms with Gasteiger partial charge in [-0.25, -0.2) is 0 Å². The summed E-state index contributed by atoms with van der Waals surface area (Å²) in [7, 11) is 3.57. The number of hydrogen-bond donors (Lipinski definition) is 0. The number of likely N-dealkylation sites (tertiary alicyclic amines) is 1. The van der Waals surface area contributed by atoms with Crippen molar-refractivity contribution in [1.29, 1.82) is 0 Å². The second kappa shape index (κ2) is 12.6. The van der Waals surface area contributed by atoms with Crippen LogP contribution in [-0.4, -0.2) is 67.7 Å². The predicted octanol–water partition coefficient (Wildman–Crippen LogP) is 6.80. The number of amides is 1. The minimum Gasteiger partial charge on any atom is -0.497 e. The van der Waals surface area contributed by atoms with E-state index < -0.39 is 0 Å². The highest BCUT2D eigenvalue weighted by Crippen LogP contribution is 2.54. The number of carbonyl (C=O) groups is 1. The first kappa shape index (κ1) is 29.9. The zero-order chi connectivity index (χ0) is 28.2. The van der Waals surface area contributed by atoms with Crippen LogP contribution in [0.5, 0.6) is 5.75 Å². The fraction of sp³-hybridized carbons (Fsp3) is 0.531. The number of fused-ring (bicyclic) bond motifs is 1. The van der Waals surface area contributed by atoms with Crippen molar-refractivity contribution in [2.24, 2.45) is 5.92 Å². The molecule has 1 saturated heterocycles. The summed E-state index contributed by atoms with van der Waals surface area (Å²) in [6.07, 6.45) is 5.81. The van der Waals surface area contributed by atoms with Gasteiger partial charge in [-0.15, -0.1) is 6.58 Å². The lowest BCUT2D eigenvalue weighted by molar-refractivity contribution is -0.161. The summed E-state index contributed by atoms with van der Waals surface area (Å²) in [5, 5.41) is 0.973. The molecule has 4 rings (SSSR count). The number of halogens is 2. The molecule has 2 fully saturated rings. The van der Waals surface area contributed by atoms with Crippen molar-refractivity contribution in [2.45, 2.75) is 63.0 Å². The average Bonchev–Trinajstić information content (AvgIpc) is 2.93. The zero-order valence-corrected chi connectivity index (χ0v) is 25.2. The second-order valence-corrected chi connectivity index (χ2v) is 12.4. The van der Waals surface area contributed by atoms with E-state index in [0.717, 1.165) is 56.6 Å². The van der Waals surface area contributed by atoms with Crippen molar-refractivity contribution in [3.8, 4) is 5.75 Å². The van der Waals surface area contributed by atoms with Gasteiger partial charge in [-0.2, -0.15) is 0 Å². The average molecular weight is 574 g/mol. The van der Waals surface area contributed by atoms with Gasteiger partial charge in [0.1, 0.15) is 5.75 Å². The van der Waals surface area contributed by atoms with Gasteiger partial charge in [0.05, 0.1) is 29.2 Å². The highest BCUT2D eigenvalue weighted by molar-refractivity contribution is 6.42. The highest BCUT2D eigenvalue weighted by Gasteiger charge is 2.59. The van der Waals surface area contributed by atoms with E-state index in [1.165, 1.54) is 5.56 Å². The van der Waals surface area contributed by atoms with Crippen LogP contribution in [0.4, 0.5) is 0 Å². The van der Waals surface area contributed by atoms with Crippen molar-refractivity contribution in [3.05, 3.63) is 76.3 Å². The van der Waals surface area contributed by atoms with Crippen LogP contribution in [0.1, 0.15) is 50.7 Å². The van der Waals surface area contributed by atoms with Crippen molar-refractivity contribution >= 4 is 29.1 Å². The van der Waals surface area contributed by atoms with E-state index in [0.29, 0.717) is 28.9 Å². The Kier molecular flexibility index (Phi) is 9.69. The third-order valence-electron chi connectivity index (χ3n) is 8.73. The van der Waals surface area contributed by atoms with Crippen LogP contribution in [0.2, 0.25) is 10.0 Å². The molecule has 1 amide bonds. The zero-order valence-electron chi connectivity index (χ0n) is 23.7. The second-order valence-electron chi connectivity index (χ2n) is 11.5. The van der Waals surface area contributed by atoms with Gasteiger partial charge in [0.25, 0.3) is 0 Å². The largest absolute Gasteiger partial charge is 0.497 e. The summed E-state index contributed by atoms with van der Waals surface area (Å²) in [5.41, 5.74) is 1.49. The first-order valence-electron chi connectivity index (χ1n) is 13.9. The van der Waals surface area contributed by atoms with Crippen LogP contribution in [-0.2, 0) is 21.4 Å². The first-order chi connectivity index (χ1) is 18.7. The number of piperidine rings is 1. The van der Waals surface area contributed by atoms with Gasteiger partial charge in [-0.3, -0.25) is 9.69 Å². The maximum atomic E-state index is 13.9. The van der Waals surface area contributed by atoms with Gasteiger partial charge in [0, 0.05) is 38.2 Å². The molecule has 1 aliphatic carbocycles. The Labute approximate surface area is 244 Å². The summed E-state index contributed by atoms with van der Waals surface area (Å²) in [6, 6.07) is 14.0. The molecule has 7 heteroatoms. The molecule has 212 valence electrons. The number of ether oxygens (including phenoxy) is 2. The SMILES string of the molecule is C=CCN1CC[C@@]2(c3cccc(OC)c3)C[C@H](N(CC(C)C)C(=O)Cc3ccc(Cl)c(Cl)c3)CC[C@]2(OC)C1. The summed E-state index contributed by atoms with van der Waals surface area (Å²) in [6.45, 7) is 11.6. The van der Waals surface area contributed by atoms with Crippen LogP contribution in [0.15, 0.2) is 55.1 Å². The molecule has 2 aliphatic rings. The minimum absolute atomic E-state index is 0.100. The van der Waals surface area contributed by atoms with E-state index in [-0.39, 0.29) is 23.0 Å². The quantitative estimate of drug-likeness (QED) is 0.294. The predicted molar refractivity (Wildman–Crippen MR) is 160 cm³/mol. The van der Waals surface area contributed by atoms with E-state index in [2.05, 4.69) is 48.4 Å². The minimum atomic E-state index is -0.368. The molecular formula is C32H42Cl2N2O3. The highest BCUT2D eigenvalue weighted by atomic mass is 35.5. The topological polar surface area (TPSA) is 42.0 Å². The molecule has 2 aromatic carbocycles. The Bertz CT molecular complexity index is 1170. The number of nitrogens with zero attached hydrogens (tertiary/aromatic N) is 2. The molecule has 0 N–H and O–H groups in total. The van der Waals surface area contributed by atoms with E-state index in [4.69, 9.17) is 32.7 Å². The van der Waals surface area contributed by atoms with Gasteiger partial charge < -0.3 is 14.4 Å². The number of hydrogen-bond acceptors (Lipinski definition) is 4. The molecule has 3 atom stereocenters. The van der Waals surface area contributed by atoms with Crippen molar-refractivity contribution in [2.75, 3.05) is 40.4 Å². The molecule has 39 heavy (non-hydrogen) atoms. The smallest absolute Gasteiger partial charge is 0.227 e. The standard InChI is InChI=1S/C32H42Cl2N2O3/c1-6-15-35-16-14-31(25-8-7-9-27(19-25)38-4)20-26(12-13-32(31,22-35)39-5)36(21-23(2)3)30(37)18-24-10-11-28(33)29(34)17-24/h6-11,17,19,23,26H,1,12-16,18,20-22H2,2-5H3/t26-,31+,32+/m1/s1. The van der Waals surface area contributed by atoms with Crippen LogP contribution < -0.4 is 4.74 Å². The maximum absolute atomic E-state index is 13.9. The van der Waals surface area contributed by atoms with Crippen LogP contribution >= 0.6 is 23.2 Å². The lowest BCUT2D eigenvalue weighted by atomic mass is 9.55. The summed E-state index contributed by atoms with van der Waals surface area (Å²) in [4.78, 5) is 18.5. The molecule has 1 saturated carbocycles. The molecular weight excluding hydrogens is 531 g/mol. The fourth-order valence-corrected chi connectivity index (χ4v) is 7.19. The lowest BCUT2D eigenvalue weighted by Crippen LogP contribution is -2.68. The number of rotatable bonds is 10. The fourth-order valence-electron chi connectivity index (χ4n) is 6.86. The molecule has 0 spiro atoms. The molecule has 0 bridgehead atoms. The van der Waals surface area contributed by atoms with E-state index >= 15 is 0 Å². The van der Waals surface area contributed by atoms with Gasteiger partial charge in [0.15, 0.2) is 0 Å². The monoisotopic (exact) mass is 572 g/mol. The van der Waals surface area contributed by atoms with Gasteiger partial charge in [0.2, 0.25) is 5.91 Å². The Balaban J connectivity index is 1.71. The van der Waals surface area contributed by atoms with E-state index in [9.17, 15) is 4.79 Å². The Morgan fingerprint density at radius 1 is 1.18 bits per heavy atom. The molecule has 1 heterocycles. The normalized spacial score (nSPS) is 25.3. The van der Waals surface area contributed by atoms with Crippen molar-refractivity contribution in [3.63, 3.8) is 0 Å². The van der Waals surface area contributed by atoms with Gasteiger partial charge in [-0.05, 0) is 73.5 Å². The molecule has 5 nitrogen and oxygen atoms in total. The Morgan fingerprint density at radius 2 is 1.97 bits per heavy atom. The van der Waals surface area contributed by atoms with Crippen molar-refractivity contribution < 1.29 is 14.3 Å². The molecule has 1 aliphatic heterocycles. The van der Waals surface area contributed by atoms with Crippen molar-refractivity contribution in [1.82, 2.24) is 9.80 Å². The molecule has 0 aromatic heterocycles. The third kappa shape index (κ3) is 6.17. The molecule has 0 unspecified atom stereocenters. The summed E-state index contributed by atoms with van der Waals surface area (Å²) >= 11 is 12.4. The van der Waals surface area contributed by atoms with E-state index in [1.54, 1.807) is 19.2 Å². The lowest BCUT2D eigenvalue weighted by Gasteiger charge is -2.60. The molecule has 2 aromatic rings. The van der Waals surface area contributed by atoms with Crippen LogP contribution in [0, 0.1) is 5.92 Å². The van der Waals surface area contributed by atoms with Gasteiger partial charge >= 0.3 is 0 Å². The van der Waals surface area contributed by atoms with E-state index in [1.807, 2.05) is 25.3 Å². The number of carbonyl (C=O) groups excluding carboxylic acids is 1. The summed E-state index contributed by atoms with van der Waals surface area (Å²) < 4.78 is 12.2.